The molecule has 9 heteroatoms. The van der Waals surface area contributed by atoms with Gasteiger partial charge in [-0.15, -0.1) is 0 Å². The minimum atomic E-state index is -1.03. The molecule has 0 aliphatic carbocycles. The lowest BCUT2D eigenvalue weighted by molar-refractivity contribution is -0.150. The van der Waals surface area contributed by atoms with Crippen LogP contribution in [0.15, 0.2) is 0 Å². The van der Waals surface area contributed by atoms with Gasteiger partial charge in [-0.3, -0.25) is 19.7 Å². The van der Waals surface area contributed by atoms with Gasteiger partial charge in [-0.1, -0.05) is 0 Å². The van der Waals surface area contributed by atoms with E-state index in [0.717, 1.165) is 0 Å². The van der Waals surface area contributed by atoms with Crippen molar-refractivity contribution in [2.24, 2.45) is 0 Å². The van der Waals surface area contributed by atoms with Crippen molar-refractivity contribution in [2.45, 2.75) is 57.7 Å². The van der Waals surface area contributed by atoms with E-state index in [9.17, 15) is 24.3 Å². The van der Waals surface area contributed by atoms with E-state index in [1.54, 1.807) is 13.8 Å². The molecule has 0 aromatic carbocycles. The fraction of sp³-hybridized carbons (Fsp3) is 0.750. The van der Waals surface area contributed by atoms with Crippen LogP contribution in [0.25, 0.3) is 0 Å². The van der Waals surface area contributed by atoms with Gasteiger partial charge >= 0.3 is 11.9 Å². The van der Waals surface area contributed by atoms with Gasteiger partial charge in [0.25, 0.3) is 0 Å². The summed E-state index contributed by atoms with van der Waals surface area (Å²) in [6.45, 7) is 3.81. The standard InChI is InChI=1S/C16H27N3O6/c1-4-25-16(24)11(7-8-13(20)17-3)18-10(2)14(21)19-9-5-6-12(19)15(22)23/h10-12,18H,4-9H2,1-3H3,(H,17,20)(H,22,23). The summed E-state index contributed by atoms with van der Waals surface area (Å²) in [7, 11) is 1.50. The van der Waals surface area contributed by atoms with Crippen molar-refractivity contribution in [3.05, 3.63) is 0 Å². The van der Waals surface area contributed by atoms with E-state index in [-0.39, 0.29) is 31.3 Å². The van der Waals surface area contributed by atoms with Crippen molar-refractivity contribution in [3.8, 4) is 0 Å². The number of carboxylic acids is 1. The van der Waals surface area contributed by atoms with Crippen molar-refractivity contribution in [1.29, 1.82) is 0 Å². The number of esters is 1. The van der Waals surface area contributed by atoms with Gasteiger partial charge in [0, 0.05) is 20.0 Å². The average molecular weight is 357 g/mol. The molecule has 3 N–H and O–H groups in total. The molecule has 2 amide bonds. The van der Waals surface area contributed by atoms with Crippen molar-refractivity contribution in [1.82, 2.24) is 15.5 Å². The first-order valence-electron chi connectivity index (χ1n) is 8.48. The lowest BCUT2D eigenvalue weighted by Crippen LogP contribution is -2.53. The van der Waals surface area contributed by atoms with Gasteiger partial charge in [-0.05, 0) is 33.1 Å². The number of hydrogen-bond acceptors (Lipinski definition) is 6. The highest BCUT2D eigenvalue weighted by atomic mass is 16.5. The maximum atomic E-state index is 12.5. The summed E-state index contributed by atoms with van der Waals surface area (Å²) in [6.07, 6.45) is 1.34. The maximum Gasteiger partial charge on any atom is 0.326 e. The number of nitrogens with one attached hydrogen (secondary N) is 2. The second kappa shape index (κ2) is 9.97. The highest BCUT2D eigenvalue weighted by Crippen LogP contribution is 2.18. The van der Waals surface area contributed by atoms with Crippen LogP contribution < -0.4 is 10.6 Å². The number of rotatable bonds is 9. The average Bonchev–Trinajstić information content (AvgIpc) is 3.07. The van der Waals surface area contributed by atoms with Gasteiger partial charge in [0.05, 0.1) is 12.6 Å². The van der Waals surface area contributed by atoms with E-state index < -0.39 is 30.1 Å². The lowest BCUT2D eigenvalue weighted by atomic mass is 10.1. The quantitative estimate of drug-likeness (QED) is 0.475. The second-order valence-corrected chi connectivity index (χ2v) is 5.93. The smallest absolute Gasteiger partial charge is 0.326 e. The van der Waals surface area contributed by atoms with Crippen LogP contribution in [0.4, 0.5) is 0 Å². The largest absolute Gasteiger partial charge is 0.480 e. The predicted molar refractivity (Wildman–Crippen MR) is 88.7 cm³/mol. The first-order valence-corrected chi connectivity index (χ1v) is 8.48. The van der Waals surface area contributed by atoms with Crippen LogP contribution in [0, 0.1) is 0 Å². The summed E-state index contributed by atoms with van der Waals surface area (Å²) in [5.41, 5.74) is 0. The predicted octanol–water partition coefficient (Wildman–Crippen LogP) is -0.502. The monoisotopic (exact) mass is 357 g/mol. The minimum Gasteiger partial charge on any atom is -0.480 e. The van der Waals surface area contributed by atoms with Gasteiger partial charge < -0.3 is 20.1 Å². The van der Waals surface area contributed by atoms with Gasteiger partial charge in [0.1, 0.15) is 12.1 Å². The molecule has 0 saturated carbocycles. The SMILES string of the molecule is CCOC(=O)C(CCC(=O)NC)NC(C)C(=O)N1CCCC1C(=O)O. The topological polar surface area (TPSA) is 125 Å². The Morgan fingerprint density at radius 1 is 1.32 bits per heavy atom. The molecule has 9 nitrogen and oxygen atoms in total. The molecule has 0 aromatic rings. The van der Waals surface area contributed by atoms with Crippen molar-refractivity contribution in [2.75, 3.05) is 20.2 Å². The number of likely N-dealkylation sites (tertiary alicyclic amines) is 1. The number of amides is 2. The molecule has 25 heavy (non-hydrogen) atoms. The number of nitrogens with zero attached hydrogens (tertiary/aromatic N) is 1. The summed E-state index contributed by atoms with van der Waals surface area (Å²) in [4.78, 5) is 48.6. The Kier molecular flexibility index (Phi) is 8.33. The van der Waals surface area contributed by atoms with E-state index in [1.807, 2.05) is 0 Å². The maximum absolute atomic E-state index is 12.5. The number of carbonyl (C=O) groups is 4. The molecule has 0 aromatic heterocycles. The van der Waals surface area contributed by atoms with Crippen molar-refractivity contribution >= 4 is 23.8 Å². The van der Waals surface area contributed by atoms with Crippen LogP contribution in [-0.2, 0) is 23.9 Å². The molecule has 1 rings (SSSR count). The zero-order valence-corrected chi connectivity index (χ0v) is 14.9. The number of hydrogen-bond donors (Lipinski definition) is 3. The Balaban J connectivity index is 2.73. The fourth-order valence-electron chi connectivity index (χ4n) is 2.82. The molecule has 1 heterocycles. The number of ether oxygens (including phenoxy) is 1. The highest BCUT2D eigenvalue weighted by Gasteiger charge is 2.37. The summed E-state index contributed by atoms with van der Waals surface area (Å²) in [5, 5.41) is 14.5. The normalized spacial score (nSPS) is 19.2. The summed E-state index contributed by atoms with van der Waals surface area (Å²) in [6, 6.07) is -2.41. The minimum absolute atomic E-state index is 0.107. The zero-order valence-electron chi connectivity index (χ0n) is 14.9. The number of carbonyl (C=O) groups excluding carboxylic acids is 3. The third-order valence-corrected chi connectivity index (χ3v) is 4.15. The van der Waals surface area contributed by atoms with E-state index in [0.29, 0.717) is 19.4 Å². The molecule has 3 unspecified atom stereocenters. The second-order valence-electron chi connectivity index (χ2n) is 5.93. The Morgan fingerprint density at radius 3 is 2.56 bits per heavy atom. The number of carboxylic acid groups (broad SMARTS) is 1. The van der Waals surface area contributed by atoms with E-state index in [2.05, 4.69) is 10.6 Å². The molecular formula is C16H27N3O6. The van der Waals surface area contributed by atoms with Crippen LogP contribution >= 0.6 is 0 Å². The highest BCUT2D eigenvalue weighted by molar-refractivity contribution is 5.88. The van der Waals surface area contributed by atoms with Gasteiger partial charge in [-0.25, -0.2) is 4.79 Å². The molecular weight excluding hydrogens is 330 g/mol. The van der Waals surface area contributed by atoms with Crippen LogP contribution in [0.2, 0.25) is 0 Å². The molecule has 1 aliphatic heterocycles. The number of aliphatic carboxylic acids is 1. The van der Waals surface area contributed by atoms with Gasteiger partial charge in [0.15, 0.2) is 0 Å². The van der Waals surface area contributed by atoms with E-state index in [1.165, 1.54) is 11.9 Å². The summed E-state index contributed by atoms with van der Waals surface area (Å²) >= 11 is 0. The molecule has 1 aliphatic rings. The first kappa shape index (κ1) is 20.9. The van der Waals surface area contributed by atoms with E-state index in [4.69, 9.17) is 4.74 Å². The zero-order chi connectivity index (χ0) is 19.0. The lowest BCUT2D eigenvalue weighted by Gasteiger charge is -2.27. The first-order chi connectivity index (χ1) is 11.8. The Hall–Kier alpha value is -2.16. The molecule has 142 valence electrons. The van der Waals surface area contributed by atoms with E-state index >= 15 is 0 Å². The summed E-state index contributed by atoms with van der Waals surface area (Å²) in [5.74, 6) is -2.17. The molecule has 0 spiro atoms. The van der Waals surface area contributed by atoms with Crippen molar-refractivity contribution < 1.29 is 29.0 Å². The third-order valence-electron chi connectivity index (χ3n) is 4.15. The van der Waals surface area contributed by atoms with Crippen LogP contribution in [-0.4, -0.2) is 72.1 Å². The van der Waals surface area contributed by atoms with Crippen LogP contribution in [0.5, 0.6) is 0 Å². The molecule has 1 fully saturated rings. The molecule has 0 bridgehead atoms. The van der Waals surface area contributed by atoms with Crippen LogP contribution in [0.1, 0.15) is 39.5 Å². The Labute approximate surface area is 147 Å². The summed E-state index contributed by atoms with van der Waals surface area (Å²) < 4.78 is 4.98. The van der Waals surface area contributed by atoms with Crippen molar-refractivity contribution in [3.63, 3.8) is 0 Å². The Bertz CT molecular complexity index is 510. The van der Waals surface area contributed by atoms with Crippen LogP contribution in [0.3, 0.4) is 0 Å². The fourth-order valence-corrected chi connectivity index (χ4v) is 2.82. The molecule has 0 radical (unpaired) electrons. The molecule has 3 atom stereocenters. The van der Waals surface area contributed by atoms with Gasteiger partial charge in [-0.2, -0.15) is 0 Å². The Morgan fingerprint density at radius 2 is 2.00 bits per heavy atom. The molecule has 1 saturated heterocycles. The third kappa shape index (κ3) is 6.00. The van der Waals surface area contributed by atoms with Gasteiger partial charge in [0.2, 0.25) is 11.8 Å².